The summed E-state index contributed by atoms with van der Waals surface area (Å²) < 4.78 is 11.6. The third-order valence-electron chi connectivity index (χ3n) is 8.29. The van der Waals surface area contributed by atoms with E-state index in [1.165, 1.54) is 4.90 Å². The van der Waals surface area contributed by atoms with Gasteiger partial charge >= 0.3 is 12.0 Å². The topological polar surface area (TPSA) is 97.0 Å². The number of amides is 3. The first kappa shape index (κ1) is 32.5. The first-order valence-corrected chi connectivity index (χ1v) is 15.3. The lowest BCUT2D eigenvalue weighted by molar-refractivity contribution is -0.191. The van der Waals surface area contributed by atoms with Crippen LogP contribution < -0.4 is 15.4 Å². The van der Waals surface area contributed by atoms with E-state index in [0.717, 1.165) is 22.3 Å². The molecule has 0 bridgehead atoms. The predicted molar refractivity (Wildman–Crippen MR) is 171 cm³/mol. The maximum Gasteiger partial charge on any atom is 0.327 e. The molecule has 1 fully saturated rings. The molecule has 1 aliphatic rings. The number of aryl methyl sites for hydroxylation is 1. The number of nitrogens with zero attached hydrogens (tertiary/aromatic N) is 1. The second kappa shape index (κ2) is 15.3. The first-order chi connectivity index (χ1) is 21.3. The van der Waals surface area contributed by atoms with Crippen LogP contribution in [0.4, 0.5) is 4.79 Å². The number of urea groups is 1. The number of esters is 1. The number of hydrogen-bond acceptors (Lipinski definition) is 6. The van der Waals surface area contributed by atoms with Gasteiger partial charge in [-0.2, -0.15) is 0 Å². The molecule has 2 N–H and O–H groups in total. The Kier molecular flexibility index (Phi) is 11.3. The normalized spacial score (nSPS) is 16.0. The molecular weight excluding hydrogens is 554 g/mol. The van der Waals surface area contributed by atoms with Gasteiger partial charge in [-0.25, -0.2) is 9.69 Å². The zero-order valence-electron chi connectivity index (χ0n) is 25.9. The number of likely N-dealkylation sites (tertiary alicyclic amines) is 1. The number of rotatable bonds is 15. The number of benzene rings is 3. The summed E-state index contributed by atoms with van der Waals surface area (Å²) >= 11 is 0. The van der Waals surface area contributed by atoms with Gasteiger partial charge in [0.15, 0.2) is 6.23 Å². The van der Waals surface area contributed by atoms with Crippen LogP contribution in [0.25, 0.3) is 0 Å². The quantitative estimate of drug-likeness (QED) is 0.0931. The molecule has 3 aromatic rings. The summed E-state index contributed by atoms with van der Waals surface area (Å²) in [6.45, 7) is 10.8. The maximum atomic E-state index is 13.5. The zero-order chi connectivity index (χ0) is 31.5. The molecule has 0 aliphatic carbocycles. The third kappa shape index (κ3) is 7.74. The smallest absolute Gasteiger partial charge is 0.327 e. The van der Waals surface area contributed by atoms with Crippen LogP contribution in [0.5, 0.6) is 5.75 Å². The molecule has 3 aromatic carbocycles. The van der Waals surface area contributed by atoms with Crippen molar-refractivity contribution >= 4 is 17.9 Å². The van der Waals surface area contributed by atoms with Crippen LogP contribution >= 0.6 is 0 Å². The van der Waals surface area contributed by atoms with Gasteiger partial charge in [-0.3, -0.25) is 9.59 Å². The fourth-order valence-corrected chi connectivity index (χ4v) is 5.44. The number of imide groups is 1. The fourth-order valence-electron chi connectivity index (χ4n) is 5.44. The van der Waals surface area contributed by atoms with Crippen molar-refractivity contribution in [1.82, 2.24) is 15.5 Å². The number of carbonyl (C=O) groups is 3. The summed E-state index contributed by atoms with van der Waals surface area (Å²) in [5, 5.41) is 6.15. The van der Waals surface area contributed by atoms with E-state index in [1.54, 1.807) is 6.08 Å². The molecule has 0 aromatic heterocycles. The number of β-lactam (4-membered cyclic amide) rings is 1. The Morgan fingerprint density at radius 3 is 2.30 bits per heavy atom. The van der Waals surface area contributed by atoms with E-state index in [1.807, 2.05) is 99.6 Å². The number of carbonyl (C=O) groups excluding carboxylic acids is 3. The minimum Gasteiger partial charge on any atom is -0.469 e. The van der Waals surface area contributed by atoms with Crippen molar-refractivity contribution in [3.05, 3.63) is 114 Å². The van der Waals surface area contributed by atoms with Crippen molar-refractivity contribution in [2.45, 2.75) is 65.3 Å². The largest absolute Gasteiger partial charge is 0.469 e. The van der Waals surface area contributed by atoms with Crippen molar-refractivity contribution in [1.29, 1.82) is 0 Å². The van der Waals surface area contributed by atoms with E-state index in [9.17, 15) is 14.4 Å². The molecule has 1 aliphatic heterocycles. The standard InChI is InChI=1S/C36H43N3O5/c1-5-11-31(29-18-14-26(4)15-19-29)38-35(42)39-33(41)36(6-2,7-3)34(39)44-30-20-16-27(17-21-30)22-23-37-24-32(40)43-25-28-12-9-8-10-13-28/h5,8-10,12-21,31,34,37H,1,6-7,11,22-25H2,2-4H3,(H,38,42)/t31-,34+/m1/s1. The summed E-state index contributed by atoms with van der Waals surface area (Å²) in [4.78, 5) is 40.1. The summed E-state index contributed by atoms with van der Waals surface area (Å²) in [7, 11) is 0. The number of hydrogen-bond donors (Lipinski definition) is 2. The Labute approximate surface area is 260 Å². The Morgan fingerprint density at radius 1 is 0.977 bits per heavy atom. The van der Waals surface area contributed by atoms with Crippen LogP contribution in [-0.4, -0.2) is 42.1 Å². The summed E-state index contributed by atoms with van der Waals surface area (Å²) in [6, 6.07) is 24.3. The van der Waals surface area contributed by atoms with Crippen LogP contribution in [-0.2, 0) is 27.4 Å². The van der Waals surface area contributed by atoms with Crippen LogP contribution in [0.2, 0.25) is 0 Å². The molecule has 8 heteroatoms. The van der Waals surface area contributed by atoms with Crippen molar-refractivity contribution in [2.75, 3.05) is 13.1 Å². The van der Waals surface area contributed by atoms with E-state index < -0.39 is 17.7 Å². The van der Waals surface area contributed by atoms with E-state index in [2.05, 4.69) is 17.2 Å². The van der Waals surface area contributed by atoms with Gasteiger partial charge in [-0.15, -0.1) is 6.58 Å². The highest BCUT2D eigenvalue weighted by molar-refractivity contribution is 6.03. The lowest BCUT2D eigenvalue weighted by Gasteiger charge is -2.53. The van der Waals surface area contributed by atoms with Gasteiger partial charge in [0.2, 0.25) is 5.91 Å². The van der Waals surface area contributed by atoms with Crippen LogP contribution in [0.15, 0.2) is 91.5 Å². The molecule has 44 heavy (non-hydrogen) atoms. The van der Waals surface area contributed by atoms with Crippen LogP contribution in [0.1, 0.15) is 61.4 Å². The summed E-state index contributed by atoms with van der Waals surface area (Å²) in [5.41, 5.74) is 3.31. The molecule has 1 heterocycles. The fraction of sp³-hybridized carbons (Fsp3) is 0.361. The van der Waals surface area contributed by atoms with Crippen LogP contribution in [0, 0.1) is 12.3 Å². The van der Waals surface area contributed by atoms with Gasteiger partial charge in [-0.05, 0) is 68.0 Å². The van der Waals surface area contributed by atoms with E-state index in [4.69, 9.17) is 9.47 Å². The maximum absolute atomic E-state index is 13.5. The number of ether oxygens (including phenoxy) is 2. The monoisotopic (exact) mass is 597 g/mol. The van der Waals surface area contributed by atoms with Crippen molar-refractivity contribution in [2.24, 2.45) is 5.41 Å². The van der Waals surface area contributed by atoms with Crippen molar-refractivity contribution < 1.29 is 23.9 Å². The van der Waals surface area contributed by atoms with Crippen molar-refractivity contribution in [3.8, 4) is 5.75 Å². The van der Waals surface area contributed by atoms with Gasteiger partial charge < -0.3 is 20.1 Å². The van der Waals surface area contributed by atoms with Gasteiger partial charge in [0.1, 0.15) is 17.8 Å². The first-order valence-electron chi connectivity index (χ1n) is 15.3. The van der Waals surface area contributed by atoms with E-state index in [-0.39, 0.29) is 31.1 Å². The Morgan fingerprint density at radius 2 is 1.66 bits per heavy atom. The second-order valence-electron chi connectivity index (χ2n) is 11.2. The molecule has 3 amide bonds. The Hall–Kier alpha value is -4.43. The highest BCUT2D eigenvalue weighted by atomic mass is 16.5. The molecule has 1 saturated heterocycles. The average Bonchev–Trinajstić information content (AvgIpc) is 3.04. The predicted octanol–water partition coefficient (Wildman–Crippen LogP) is 6.25. The molecule has 2 atom stereocenters. The molecule has 8 nitrogen and oxygen atoms in total. The second-order valence-corrected chi connectivity index (χ2v) is 11.2. The minimum atomic E-state index is -0.771. The third-order valence-corrected chi connectivity index (χ3v) is 8.29. The van der Waals surface area contributed by atoms with Crippen LogP contribution in [0.3, 0.4) is 0 Å². The molecule has 0 saturated carbocycles. The van der Waals surface area contributed by atoms with E-state index >= 15 is 0 Å². The zero-order valence-corrected chi connectivity index (χ0v) is 25.9. The van der Waals surface area contributed by atoms with Gasteiger partial charge in [0.05, 0.1) is 12.6 Å². The Balaban J connectivity index is 1.32. The highest BCUT2D eigenvalue weighted by Crippen LogP contribution is 2.46. The molecular formula is C36H43N3O5. The molecule has 4 rings (SSSR count). The van der Waals surface area contributed by atoms with Crippen molar-refractivity contribution in [3.63, 3.8) is 0 Å². The highest BCUT2D eigenvalue weighted by Gasteiger charge is 2.63. The average molecular weight is 598 g/mol. The molecule has 232 valence electrons. The lowest BCUT2D eigenvalue weighted by Crippen LogP contribution is -2.73. The summed E-state index contributed by atoms with van der Waals surface area (Å²) in [5.74, 6) is 0.0523. The SMILES string of the molecule is C=CC[C@@H](NC(=O)N1C(=O)C(CC)(CC)[C@@H]1Oc1ccc(CCNCC(=O)OCc2ccccc2)cc1)c1ccc(C)cc1. The number of nitrogens with one attached hydrogen (secondary N) is 2. The van der Waals surface area contributed by atoms with E-state index in [0.29, 0.717) is 38.0 Å². The lowest BCUT2D eigenvalue weighted by atomic mass is 9.72. The van der Waals surface area contributed by atoms with Gasteiger partial charge in [0.25, 0.3) is 0 Å². The van der Waals surface area contributed by atoms with Gasteiger partial charge in [-0.1, -0.05) is 92.2 Å². The van der Waals surface area contributed by atoms with Gasteiger partial charge in [0, 0.05) is 0 Å². The minimum absolute atomic E-state index is 0.134. The molecule has 0 radical (unpaired) electrons. The summed E-state index contributed by atoms with van der Waals surface area (Å²) in [6.07, 6.45) is 3.39. The molecule has 0 unspecified atom stereocenters. The molecule has 0 spiro atoms. The Bertz CT molecular complexity index is 1400.